The molecule has 1 unspecified atom stereocenters. The van der Waals surface area contributed by atoms with Crippen molar-refractivity contribution in [1.29, 1.82) is 0 Å². The molecule has 3 rings (SSSR count). The summed E-state index contributed by atoms with van der Waals surface area (Å²) in [7, 11) is 0. The van der Waals surface area contributed by atoms with Crippen LogP contribution in [0.5, 0.6) is 5.75 Å². The highest BCUT2D eigenvalue weighted by Gasteiger charge is 2.26. The molecule has 1 heterocycles. The van der Waals surface area contributed by atoms with Crippen LogP contribution in [0.2, 0.25) is 0 Å². The maximum Gasteiger partial charge on any atom is 0.262 e. The number of fused-ring (bicyclic) bond motifs is 1. The molecule has 0 spiro atoms. The van der Waals surface area contributed by atoms with E-state index in [2.05, 4.69) is 21.2 Å². The number of hydrogen-bond donors (Lipinski definition) is 3. The number of hydrogen-bond acceptors (Lipinski definition) is 4. The Morgan fingerprint density at radius 1 is 1.18 bits per heavy atom. The molecular formula is C21H21BrN2O4. The van der Waals surface area contributed by atoms with Crippen LogP contribution >= 0.6 is 15.9 Å². The second-order valence-electron chi connectivity index (χ2n) is 6.58. The molecule has 0 bridgehead atoms. The molecule has 0 aliphatic carbocycles. The largest absolute Gasteiger partial charge is 0.508 e. The Labute approximate surface area is 170 Å². The number of aliphatic hydroxyl groups is 1. The molecule has 0 saturated heterocycles. The van der Waals surface area contributed by atoms with Gasteiger partial charge >= 0.3 is 0 Å². The maximum absolute atomic E-state index is 13.2. The maximum atomic E-state index is 13.2. The van der Waals surface area contributed by atoms with Crippen molar-refractivity contribution in [2.75, 3.05) is 13.2 Å². The minimum atomic E-state index is -0.560. The van der Waals surface area contributed by atoms with Crippen molar-refractivity contribution in [3.05, 3.63) is 63.8 Å². The number of phenolic OH excluding ortho intramolecular Hbond substituents is 1. The van der Waals surface area contributed by atoms with Gasteiger partial charge in [0.15, 0.2) is 0 Å². The zero-order valence-corrected chi connectivity index (χ0v) is 17.2. The van der Waals surface area contributed by atoms with Crippen molar-refractivity contribution < 1.29 is 19.8 Å². The van der Waals surface area contributed by atoms with Gasteiger partial charge in [-0.2, -0.15) is 0 Å². The Hall–Kier alpha value is -2.64. The summed E-state index contributed by atoms with van der Waals surface area (Å²) in [5.41, 5.74) is 2.45. The van der Waals surface area contributed by atoms with Crippen LogP contribution in [0.4, 0.5) is 0 Å². The number of amides is 1. The lowest BCUT2D eigenvalue weighted by Crippen LogP contribution is -2.30. The average molecular weight is 445 g/mol. The number of carbonyl (C=O) groups is 2. The van der Waals surface area contributed by atoms with Crippen LogP contribution in [0.3, 0.4) is 0 Å². The van der Waals surface area contributed by atoms with Crippen molar-refractivity contribution in [2.45, 2.75) is 19.8 Å². The van der Waals surface area contributed by atoms with Crippen molar-refractivity contribution in [1.82, 2.24) is 9.88 Å². The predicted octanol–water partition coefficient (Wildman–Crippen LogP) is 3.32. The van der Waals surface area contributed by atoms with E-state index in [0.717, 1.165) is 4.47 Å². The van der Waals surface area contributed by atoms with E-state index < -0.39 is 5.92 Å². The van der Waals surface area contributed by atoms with Gasteiger partial charge in [-0.15, -0.1) is 0 Å². The SMILES string of the molecule is Cc1c(C(C)C(=O)NCCO)c2cc(O)ccc2n1C(=O)c1ccc(Br)cc1. The first-order chi connectivity index (χ1) is 13.3. The van der Waals surface area contributed by atoms with Gasteiger partial charge in [-0.05, 0) is 61.9 Å². The molecule has 0 radical (unpaired) electrons. The number of aliphatic hydroxyl groups excluding tert-OH is 1. The second-order valence-corrected chi connectivity index (χ2v) is 7.50. The van der Waals surface area contributed by atoms with Gasteiger partial charge in [0, 0.05) is 27.7 Å². The van der Waals surface area contributed by atoms with Crippen LogP contribution in [0.25, 0.3) is 10.9 Å². The first-order valence-electron chi connectivity index (χ1n) is 8.88. The molecule has 146 valence electrons. The highest BCUT2D eigenvalue weighted by molar-refractivity contribution is 9.10. The molecule has 2 aromatic carbocycles. The van der Waals surface area contributed by atoms with Crippen LogP contribution in [-0.4, -0.2) is 39.7 Å². The smallest absolute Gasteiger partial charge is 0.262 e. The third-order valence-electron chi connectivity index (χ3n) is 4.77. The molecule has 6 nitrogen and oxygen atoms in total. The van der Waals surface area contributed by atoms with Crippen LogP contribution in [0, 0.1) is 6.92 Å². The second kappa shape index (κ2) is 8.16. The fourth-order valence-electron chi connectivity index (χ4n) is 3.42. The zero-order valence-electron chi connectivity index (χ0n) is 15.6. The van der Waals surface area contributed by atoms with Crippen molar-refractivity contribution in [2.24, 2.45) is 0 Å². The van der Waals surface area contributed by atoms with E-state index in [-0.39, 0.29) is 30.7 Å². The van der Waals surface area contributed by atoms with Crippen molar-refractivity contribution in [3.8, 4) is 5.75 Å². The molecule has 0 aliphatic heterocycles. The number of nitrogens with zero attached hydrogens (tertiary/aromatic N) is 1. The standard InChI is InChI=1S/C21H21BrN2O4/c1-12(20(27)23-9-10-25)19-13(2)24(18-8-7-16(26)11-17(18)19)21(28)14-3-5-15(22)6-4-14/h3-8,11-12,25-26H,9-10H2,1-2H3,(H,23,27). The number of aromatic hydroxyl groups is 1. The number of carbonyl (C=O) groups excluding carboxylic acids is 2. The van der Waals surface area contributed by atoms with E-state index in [0.29, 0.717) is 27.7 Å². The molecule has 0 saturated carbocycles. The Bertz CT molecular complexity index is 1040. The van der Waals surface area contributed by atoms with Gasteiger partial charge in [0.2, 0.25) is 5.91 Å². The van der Waals surface area contributed by atoms with E-state index in [1.807, 2.05) is 0 Å². The monoisotopic (exact) mass is 444 g/mol. The van der Waals surface area contributed by atoms with Crippen LogP contribution in [0.1, 0.15) is 34.5 Å². The minimum Gasteiger partial charge on any atom is -0.508 e. The van der Waals surface area contributed by atoms with Gasteiger partial charge in [0.1, 0.15) is 5.75 Å². The van der Waals surface area contributed by atoms with Gasteiger partial charge in [-0.25, -0.2) is 0 Å². The zero-order chi connectivity index (χ0) is 20.4. The van der Waals surface area contributed by atoms with Crippen molar-refractivity contribution in [3.63, 3.8) is 0 Å². The number of rotatable bonds is 5. The number of halogens is 1. The van der Waals surface area contributed by atoms with Crippen LogP contribution in [-0.2, 0) is 4.79 Å². The Morgan fingerprint density at radius 3 is 2.50 bits per heavy atom. The third-order valence-corrected chi connectivity index (χ3v) is 5.30. The molecule has 3 aromatic rings. The first kappa shape index (κ1) is 20.1. The summed E-state index contributed by atoms with van der Waals surface area (Å²) >= 11 is 3.36. The van der Waals surface area contributed by atoms with Gasteiger partial charge in [-0.3, -0.25) is 14.2 Å². The lowest BCUT2D eigenvalue weighted by molar-refractivity contribution is -0.122. The van der Waals surface area contributed by atoms with Gasteiger partial charge in [0.25, 0.3) is 5.91 Å². The first-order valence-corrected chi connectivity index (χ1v) is 9.67. The number of benzene rings is 2. The topological polar surface area (TPSA) is 91.6 Å². The van der Waals surface area contributed by atoms with E-state index in [9.17, 15) is 14.7 Å². The lowest BCUT2D eigenvalue weighted by atomic mass is 9.97. The number of aromatic nitrogens is 1. The highest BCUT2D eigenvalue weighted by atomic mass is 79.9. The lowest BCUT2D eigenvalue weighted by Gasteiger charge is -2.13. The highest BCUT2D eigenvalue weighted by Crippen LogP contribution is 2.34. The minimum absolute atomic E-state index is 0.0601. The fraction of sp³-hybridized carbons (Fsp3) is 0.238. The molecule has 1 atom stereocenters. The molecule has 7 heteroatoms. The Morgan fingerprint density at radius 2 is 1.86 bits per heavy atom. The summed E-state index contributed by atoms with van der Waals surface area (Å²) in [5, 5.41) is 22.2. The molecule has 3 N–H and O–H groups in total. The van der Waals surface area contributed by atoms with Gasteiger partial charge in [0.05, 0.1) is 18.0 Å². The molecule has 0 aliphatic rings. The predicted molar refractivity (Wildman–Crippen MR) is 111 cm³/mol. The summed E-state index contributed by atoms with van der Waals surface area (Å²) in [6.07, 6.45) is 0. The van der Waals surface area contributed by atoms with Crippen LogP contribution < -0.4 is 5.32 Å². The molecule has 0 fully saturated rings. The molecule has 1 aromatic heterocycles. The quantitative estimate of drug-likeness (QED) is 0.562. The number of nitrogens with one attached hydrogen (secondary N) is 1. The van der Waals surface area contributed by atoms with E-state index in [1.54, 1.807) is 54.8 Å². The third kappa shape index (κ3) is 3.68. The average Bonchev–Trinajstić information content (AvgIpc) is 2.96. The van der Waals surface area contributed by atoms with Gasteiger partial charge in [-0.1, -0.05) is 15.9 Å². The summed E-state index contributed by atoms with van der Waals surface area (Å²) in [6.45, 7) is 3.54. The van der Waals surface area contributed by atoms with E-state index in [4.69, 9.17) is 5.11 Å². The van der Waals surface area contributed by atoms with E-state index >= 15 is 0 Å². The van der Waals surface area contributed by atoms with E-state index in [1.165, 1.54) is 6.07 Å². The fourth-order valence-corrected chi connectivity index (χ4v) is 3.69. The van der Waals surface area contributed by atoms with Gasteiger partial charge < -0.3 is 15.5 Å². The van der Waals surface area contributed by atoms with Crippen LogP contribution in [0.15, 0.2) is 46.9 Å². The normalized spacial score (nSPS) is 12.1. The summed E-state index contributed by atoms with van der Waals surface area (Å²) < 4.78 is 2.45. The Kier molecular flexibility index (Phi) is 5.86. The summed E-state index contributed by atoms with van der Waals surface area (Å²) in [6, 6.07) is 11.8. The van der Waals surface area contributed by atoms with Crippen molar-refractivity contribution >= 4 is 38.6 Å². The molecular weight excluding hydrogens is 424 g/mol. The molecule has 1 amide bonds. The molecule has 28 heavy (non-hydrogen) atoms. The summed E-state index contributed by atoms with van der Waals surface area (Å²) in [4.78, 5) is 25.7. The Balaban J connectivity index is 2.16. The summed E-state index contributed by atoms with van der Waals surface area (Å²) in [5.74, 6) is -0.967. The number of phenols is 1.